The molecule has 0 aliphatic carbocycles. The Morgan fingerprint density at radius 2 is 1.39 bits per heavy atom. The molecule has 0 amide bonds. The second-order valence-electron chi connectivity index (χ2n) is 11.8. The number of furan rings is 1. The van der Waals surface area contributed by atoms with Crippen LogP contribution in [0.1, 0.15) is 52.7 Å². The molecule has 2 nitrogen and oxygen atoms in total. The van der Waals surface area contributed by atoms with Crippen molar-refractivity contribution >= 4 is 43.5 Å². The summed E-state index contributed by atoms with van der Waals surface area (Å²) in [4.78, 5) is 6.36. The highest BCUT2D eigenvalue weighted by atomic mass is 32.1. The van der Waals surface area contributed by atoms with Gasteiger partial charge in [-0.1, -0.05) is 77.9 Å². The van der Waals surface area contributed by atoms with Crippen molar-refractivity contribution in [2.75, 3.05) is 0 Å². The molecule has 3 aromatic carbocycles. The highest BCUT2D eigenvalue weighted by Gasteiger charge is 2.22. The first-order valence-electron chi connectivity index (χ1n) is 12.6. The van der Waals surface area contributed by atoms with Crippen LogP contribution in [0, 0.1) is 0 Å². The van der Waals surface area contributed by atoms with Crippen molar-refractivity contribution in [3.05, 3.63) is 90.0 Å². The van der Waals surface area contributed by atoms with Gasteiger partial charge in [0.15, 0.2) is 0 Å². The molecule has 36 heavy (non-hydrogen) atoms. The van der Waals surface area contributed by atoms with Gasteiger partial charge in [-0.3, -0.25) is 0 Å². The fourth-order valence-electron chi connectivity index (χ4n) is 4.80. The summed E-state index contributed by atoms with van der Waals surface area (Å²) >= 11 is 1.81. The number of rotatable bonds is 2. The van der Waals surface area contributed by atoms with Crippen molar-refractivity contribution in [3.63, 3.8) is 0 Å². The Labute approximate surface area is 216 Å². The van der Waals surface area contributed by atoms with Crippen molar-refractivity contribution < 1.29 is 4.42 Å². The van der Waals surface area contributed by atoms with E-state index in [1.54, 1.807) is 0 Å². The van der Waals surface area contributed by atoms with Gasteiger partial charge in [-0.15, -0.1) is 11.3 Å². The minimum atomic E-state index is 0.0867. The fraction of sp³-hybridized carbons (Fsp3) is 0.242. The molecule has 0 unspecified atom stereocenters. The lowest BCUT2D eigenvalue weighted by Gasteiger charge is -2.26. The highest BCUT2D eigenvalue weighted by molar-refractivity contribution is 7.22. The van der Waals surface area contributed by atoms with Gasteiger partial charge < -0.3 is 4.42 Å². The van der Waals surface area contributed by atoms with Crippen LogP contribution < -0.4 is 0 Å². The predicted molar refractivity (Wildman–Crippen MR) is 155 cm³/mol. The third-order valence-electron chi connectivity index (χ3n) is 7.00. The summed E-state index contributed by atoms with van der Waals surface area (Å²) in [5.41, 5.74) is 8.99. The Balaban J connectivity index is 1.49. The molecular weight excluding hydrogens is 458 g/mol. The molecule has 0 atom stereocenters. The van der Waals surface area contributed by atoms with E-state index in [9.17, 15) is 0 Å². The van der Waals surface area contributed by atoms with Crippen molar-refractivity contribution in [2.24, 2.45) is 0 Å². The lowest BCUT2D eigenvalue weighted by molar-refractivity contribution is 0.569. The van der Waals surface area contributed by atoms with Crippen LogP contribution in [0.3, 0.4) is 0 Å². The summed E-state index contributed by atoms with van der Waals surface area (Å²) < 4.78 is 7.48. The molecule has 6 aromatic rings. The zero-order valence-corrected chi connectivity index (χ0v) is 22.6. The van der Waals surface area contributed by atoms with Gasteiger partial charge in [0.2, 0.25) is 0 Å². The van der Waals surface area contributed by atoms with E-state index < -0.39 is 0 Å². The van der Waals surface area contributed by atoms with E-state index in [1.807, 2.05) is 23.5 Å². The normalized spacial score (nSPS) is 12.7. The number of pyridine rings is 1. The average molecular weight is 490 g/mol. The number of nitrogens with zero attached hydrogens (tertiary/aromatic N) is 1. The van der Waals surface area contributed by atoms with E-state index in [0.29, 0.717) is 0 Å². The number of hydrogen-bond donors (Lipinski definition) is 0. The number of aromatic nitrogens is 1. The Kier molecular flexibility index (Phi) is 5.14. The smallest absolute Gasteiger partial charge is 0.144 e. The number of benzene rings is 3. The summed E-state index contributed by atoms with van der Waals surface area (Å²) in [6.45, 7) is 13.7. The molecule has 0 aliphatic heterocycles. The van der Waals surface area contributed by atoms with Crippen molar-refractivity contribution in [1.29, 1.82) is 0 Å². The third-order valence-corrected chi connectivity index (χ3v) is 8.14. The van der Waals surface area contributed by atoms with E-state index in [0.717, 1.165) is 38.7 Å². The number of para-hydroxylation sites is 2. The van der Waals surface area contributed by atoms with Crippen molar-refractivity contribution in [3.8, 4) is 21.7 Å². The fourth-order valence-corrected chi connectivity index (χ4v) is 5.79. The van der Waals surface area contributed by atoms with Gasteiger partial charge in [0.05, 0.1) is 15.9 Å². The molecule has 3 aromatic heterocycles. The lowest BCUT2D eigenvalue weighted by Crippen LogP contribution is -2.16. The minimum absolute atomic E-state index is 0.0867. The molecule has 3 heteroatoms. The van der Waals surface area contributed by atoms with Crippen LogP contribution in [0.4, 0.5) is 0 Å². The summed E-state index contributed by atoms with van der Waals surface area (Å²) in [6.07, 6.45) is 0. The van der Waals surface area contributed by atoms with Crippen LogP contribution in [0.25, 0.3) is 53.9 Å². The van der Waals surface area contributed by atoms with Crippen LogP contribution >= 0.6 is 11.3 Å². The summed E-state index contributed by atoms with van der Waals surface area (Å²) in [5, 5.41) is 2.27. The van der Waals surface area contributed by atoms with Gasteiger partial charge in [-0.05, 0) is 70.0 Å². The molecule has 0 N–H and O–H groups in total. The Morgan fingerprint density at radius 1 is 0.694 bits per heavy atom. The summed E-state index contributed by atoms with van der Waals surface area (Å²) in [5.74, 6) is 0. The maximum absolute atomic E-state index is 6.28. The van der Waals surface area contributed by atoms with Crippen LogP contribution in [-0.4, -0.2) is 4.98 Å². The van der Waals surface area contributed by atoms with Crippen LogP contribution in [-0.2, 0) is 10.8 Å². The topological polar surface area (TPSA) is 26.0 Å². The number of fused-ring (bicyclic) bond motifs is 4. The third kappa shape index (κ3) is 3.92. The summed E-state index contributed by atoms with van der Waals surface area (Å²) in [7, 11) is 0. The molecule has 0 aliphatic rings. The maximum Gasteiger partial charge on any atom is 0.144 e. The molecule has 0 fully saturated rings. The molecule has 0 spiro atoms. The van der Waals surface area contributed by atoms with Crippen molar-refractivity contribution in [1.82, 2.24) is 4.98 Å². The molecule has 0 saturated carbocycles. The van der Waals surface area contributed by atoms with Gasteiger partial charge >= 0.3 is 0 Å². The molecule has 180 valence electrons. The molecule has 0 saturated heterocycles. The molecule has 6 rings (SSSR count). The quantitative estimate of drug-likeness (QED) is 0.242. The van der Waals surface area contributed by atoms with Gasteiger partial charge in [0.25, 0.3) is 0 Å². The molecule has 0 radical (unpaired) electrons. The minimum Gasteiger partial charge on any atom is -0.455 e. The molecule has 0 bridgehead atoms. The lowest BCUT2D eigenvalue weighted by atomic mass is 9.79. The Morgan fingerprint density at radius 3 is 2.11 bits per heavy atom. The van der Waals surface area contributed by atoms with Gasteiger partial charge in [-0.25, -0.2) is 4.98 Å². The molecular formula is C33H31NOS. The van der Waals surface area contributed by atoms with Gasteiger partial charge in [0, 0.05) is 21.2 Å². The van der Waals surface area contributed by atoms with Gasteiger partial charge in [0.1, 0.15) is 11.2 Å². The van der Waals surface area contributed by atoms with E-state index in [4.69, 9.17) is 9.40 Å². The number of thiophene rings is 1. The predicted octanol–water partition coefficient (Wildman–Crippen LogP) is 10.1. The standard InChI is InChI=1S/C33H31NOS/c1-32(2,3)21-16-20(17-22(18-21)33(4,5)6)30-19-27-29(36-30)15-14-26(34-27)25-12-9-11-24-23-10-7-8-13-28(23)35-31(24)25/h7-19H,1-6H3. The maximum atomic E-state index is 6.28. The second kappa shape index (κ2) is 8.04. The first-order chi connectivity index (χ1) is 17.1. The van der Waals surface area contributed by atoms with E-state index in [1.165, 1.54) is 26.3 Å². The van der Waals surface area contributed by atoms with Crippen LogP contribution in [0.15, 0.2) is 83.3 Å². The number of hydrogen-bond acceptors (Lipinski definition) is 3. The first kappa shape index (κ1) is 23.0. The SMILES string of the molecule is CC(C)(C)c1cc(-c2cc3nc(-c4cccc5c4oc4ccccc45)ccc3s2)cc(C(C)(C)C)c1. The van der Waals surface area contributed by atoms with Crippen LogP contribution in [0.5, 0.6) is 0 Å². The zero-order valence-electron chi connectivity index (χ0n) is 21.8. The summed E-state index contributed by atoms with van der Waals surface area (Å²) in [6, 6.07) is 28.2. The van der Waals surface area contributed by atoms with E-state index in [2.05, 4.69) is 108 Å². The van der Waals surface area contributed by atoms with E-state index in [-0.39, 0.29) is 10.8 Å². The second-order valence-corrected chi connectivity index (χ2v) is 12.9. The Bertz CT molecular complexity index is 1720. The zero-order chi connectivity index (χ0) is 25.2. The first-order valence-corrected chi connectivity index (χ1v) is 13.4. The average Bonchev–Trinajstić information content (AvgIpc) is 3.43. The van der Waals surface area contributed by atoms with E-state index >= 15 is 0 Å². The Hall–Kier alpha value is -3.43. The van der Waals surface area contributed by atoms with Gasteiger partial charge in [-0.2, -0.15) is 0 Å². The van der Waals surface area contributed by atoms with Crippen LogP contribution in [0.2, 0.25) is 0 Å². The largest absolute Gasteiger partial charge is 0.455 e. The monoisotopic (exact) mass is 489 g/mol. The highest BCUT2D eigenvalue weighted by Crippen LogP contribution is 2.40. The van der Waals surface area contributed by atoms with Crippen molar-refractivity contribution in [2.45, 2.75) is 52.4 Å². The molecule has 3 heterocycles.